The van der Waals surface area contributed by atoms with Crippen molar-refractivity contribution in [3.63, 3.8) is 0 Å². The van der Waals surface area contributed by atoms with Gasteiger partial charge in [0.05, 0.1) is 12.4 Å². The molecular formula is C6H10O2. The lowest BCUT2D eigenvalue weighted by Crippen LogP contribution is -2.16. The Morgan fingerprint density at radius 1 is 1.75 bits per heavy atom. The monoisotopic (exact) mass is 114 g/mol. The van der Waals surface area contributed by atoms with Gasteiger partial charge in [0, 0.05) is 0 Å². The molecule has 0 aromatic rings. The highest BCUT2D eigenvalue weighted by Crippen LogP contribution is 2.09. The predicted molar refractivity (Wildman–Crippen MR) is 30.3 cm³/mol. The first-order valence-electron chi connectivity index (χ1n) is 2.70. The van der Waals surface area contributed by atoms with E-state index in [4.69, 9.17) is 9.47 Å². The Morgan fingerprint density at radius 3 is 2.88 bits per heavy atom. The van der Waals surface area contributed by atoms with Gasteiger partial charge in [-0.15, -0.1) is 0 Å². The summed E-state index contributed by atoms with van der Waals surface area (Å²) in [6.45, 7) is 4.40. The Hall–Kier alpha value is -0.500. The molecule has 1 unspecified atom stereocenters. The normalized spacial score (nSPS) is 28.8. The number of hydrogen-bond acceptors (Lipinski definition) is 2. The molecule has 0 aromatic heterocycles. The van der Waals surface area contributed by atoms with Crippen molar-refractivity contribution in [2.75, 3.05) is 6.79 Å². The van der Waals surface area contributed by atoms with Crippen molar-refractivity contribution in [1.29, 1.82) is 0 Å². The Bertz CT molecular complexity index is 107. The molecule has 2 nitrogen and oxygen atoms in total. The largest absolute Gasteiger partial charge is 0.475 e. The smallest absolute Gasteiger partial charge is 0.188 e. The third-order valence-electron chi connectivity index (χ3n) is 1.30. The summed E-state index contributed by atoms with van der Waals surface area (Å²) in [7, 11) is 0. The quantitative estimate of drug-likeness (QED) is 0.472. The van der Waals surface area contributed by atoms with E-state index in [1.165, 1.54) is 0 Å². The lowest BCUT2D eigenvalue weighted by molar-refractivity contribution is -0.0572. The molecule has 1 atom stereocenters. The van der Waals surface area contributed by atoms with Crippen LogP contribution >= 0.6 is 0 Å². The number of ether oxygens (including phenoxy) is 2. The second kappa shape index (κ2) is 2.18. The van der Waals surface area contributed by atoms with E-state index in [0.717, 1.165) is 5.57 Å². The van der Waals surface area contributed by atoms with Crippen LogP contribution in [0.4, 0.5) is 0 Å². The zero-order valence-corrected chi connectivity index (χ0v) is 5.18. The van der Waals surface area contributed by atoms with E-state index < -0.39 is 0 Å². The van der Waals surface area contributed by atoms with Gasteiger partial charge in [-0.2, -0.15) is 0 Å². The van der Waals surface area contributed by atoms with Gasteiger partial charge in [0.1, 0.15) is 0 Å². The van der Waals surface area contributed by atoms with E-state index in [1.807, 2.05) is 13.8 Å². The second-order valence-electron chi connectivity index (χ2n) is 1.96. The van der Waals surface area contributed by atoms with E-state index in [1.54, 1.807) is 6.26 Å². The molecular weight excluding hydrogens is 104 g/mol. The van der Waals surface area contributed by atoms with E-state index >= 15 is 0 Å². The molecule has 0 aliphatic carbocycles. The van der Waals surface area contributed by atoms with Gasteiger partial charge in [-0.3, -0.25) is 0 Å². The van der Waals surface area contributed by atoms with Gasteiger partial charge < -0.3 is 9.47 Å². The van der Waals surface area contributed by atoms with Crippen LogP contribution in [-0.2, 0) is 9.47 Å². The number of rotatable bonds is 0. The summed E-state index contributed by atoms with van der Waals surface area (Å²) in [5.74, 6) is 0. The minimum Gasteiger partial charge on any atom is -0.475 e. The van der Waals surface area contributed by atoms with E-state index in [-0.39, 0.29) is 6.10 Å². The highest BCUT2D eigenvalue weighted by atomic mass is 16.7. The molecule has 0 bridgehead atoms. The fraction of sp³-hybridized carbons (Fsp3) is 0.667. The molecule has 0 aromatic carbocycles. The van der Waals surface area contributed by atoms with Crippen LogP contribution in [0, 0.1) is 0 Å². The Morgan fingerprint density at radius 2 is 2.50 bits per heavy atom. The molecule has 8 heavy (non-hydrogen) atoms. The Balaban J connectivity index is 2.53. The third-order valence-corrected chi connectivity index (χ3v) is 1.30. The summed E-state index contributed by atoms with van der Waals surface area (Å²) in [5.41, 5.74) is 1.15. The molecule has 2 heteroatoms. The van der Waals surface area contributed by atoms with Crippen LogP contribution in [0.2, 0.25) is 0 Å². The highest BCUT2D eigenvalue weighted by Gasteiger charge is 2.07. The van der Waals surface area contributed by atoms with Crippen LogP contribution in [0.3, 0.4) is 0 Å². The maximum Gasteiger partial charge on any atom is 0.188 e. The average Bonchev–Trinajstić information content (AvgIpc) is 1.77. The van der Waals surface area contributed by atoms with Gasteiger partial charge in [0.15, 0.2) is 6.79 Å². The molecule has 1 rings (SSSR count). The summed E-state index contributed by atoms with van der Waals surface area (Å²) in [4.78, 5) is 0. The molecule has 0 saturated carbocycles. The first-order chi connectivity index (χ1) is 3.80. The van der Waals surface area contributed by atoms with E-state index in [9.17, 15) is 0 Å². The van der Waals surface area contributed by atoms with Gasteiger partial charge >= 0.3 is 0 Å². The van der Waals surface area contributed by atoms with Crippen molar-refractivity contribution in [1.82, 2.24) is 0 Å². The maximum absolute atomic E-state index is 5.10. The zero-order valence-electron chi connectivity index (χ0n) is 5.18. The summed E-state index contributed by atoms with van der Waals surface area (Å²) in [6, 6.07) is 0. The molecule has 1 aliphatic heterocycles. The minimum atomic E-state index is 0.240. The predicted octanol–water partition coefficient (Wildman–Crippen LogP) is 1.28. The molecule has 0 saturated heterocycles. The minimum absolute atomic E-state index is 0.240. The van der Waals surface area contributed by atoms with Gasteiger partial charge in [-0.1, -0.05) is 0 Å². The average molecular weight is 114 g/mol. The summed E-state index contributed by atoms with van der Waals surface area (Å²) >= 11 is 0. The van der Waals surface area contributed by atoms with Crippen molar-refractivity contribution in [3.8, 4) is 0 Å². The topological polar surface area (TPSA) is 18.5 Å². The maximum atomic E-state index is 5.10. The lowest BCUT2D eigenvalue weighted by atomic mass is 10.2. The van der Waals surface area contributed by atoms with Crippen molar-refractivity contribution in [2.24, 2.45) is 0 Å². The summed E-state index contributed by atoms with van der Waals surface area (Å²) in [5, 5.41) is 0. The molecule has 0 amide bonds. The molecule has 1 aliphatic rings. The van der Waals surface area contributed by atoms with Crippen molar-refractivity contribution >= 4 is 0 Å². The molecule has 46 valence electrons. The van der Waals surface area contributed by atoms with Crippen molar-refractivity contribution in [3.05, 3.63) is 11.8 Å². The van der Waals surface area contributed by atoms with Crippen LogP contribution in [0.1, 0.15) is 13.8 Å². The van der Waals surface area contributed by atoms with Crippen LogP contribution in [0.15, 0.2) is 11.8 Å². The Labute approximate surface area is 49.1 Å². The second-order valence-corrected chi connectivity index (χ2v) is 1.96. The molecule has 0 N–H and O–H groups in total. The summed E-state index contributed by atoms with van der Waals surface area (Å²) < 4.78 is 9.97. The van der Waals surface area contributed by atoms with E-state index in [2.05, 4.69) is 0 Å². The number of hydrogen-bond donors (Lipinski definition) is 0. The van der Waals surface area contributed by atoms with Crippen molar-refractivity contribution in [2.45, 2.75) is 20.0 Å². The molecule has 1 heterocycles. The highest BCUT2D eigenvalue weighted by molar-refractivity contribution is 5.00. The van der Waals surface area contributed by atoms with Crippen LogP contribution in [0.25, 0.3) is 0 Å². The van der Waals surface area contributed by atoms with Gasteiger partial charge in [0.25, 0.3) is 0 Å². The first-order valence-corrected chi connectivity index (χ1v) is 2.70. The zero-order chi connectivity index (χ0) is 5.98. The Kier molecular flexibility index (Phi) is 1.53. The third kappa shape index (κ3) is 1.01. The van der Waals surface area contributed by atoms with Crippen LogP contribution < -0.4 is 0 Å². The fourth-order valence-electron chi connectivity index (χ4n) is 0.534. The standard InChI is InChI=1S/C6H10O2/c1-5-3-7-4-8-6(5)2/h3,6H,4H2,1-2H3. The molecule has 0 fully saturated rings. The summed E-state index contributed by atoms with van der Waals surface area (Å²) in [6.07, 6.45) is 1.98. The van der Waals surface area contributed by atoms with E-state index in [0.29, 0.717) is 6.79 Å². The first kappa shape index (κ1) is 5.63. The SMILES string of the molecule is CC1=COCOC1C. The van der Waals surface area contributed by atoms with Gasteiger partial charge in [0.2, 0.25) is 0 Å². The van der Waals surface area contributed by atoms with Crippen LogP contribution in [0.5, 0.6) is 0 Å². The molecule has 0 spiro atoms. The fourth-order valence-corrected chi connectivity index (χ4v) is 0.534. The lowest BCUT2D eigenvalue weighted by Gasteiger charge is -2.17. The van der Waals surface area contributed by atoms with Gasteiger partial charge in [-0.05, 0) is 19.4 Å². The van der Waals surface area contributed by atoms with Gasteiger partial charge in [-0.25, -0.2) is 0 Å². The molecule has 0 radical (unpaired) electrons. The van der Waals surface area contributed by atoms with Crippen molar-refractivity contribution < 1.29 is 9.47 Å². The van der Waals surface area contributed by atoms with Crippen LogP contribution in [-0.4, -0.2) is 12.9 Å².